The normalized spacial score (nSPS) is 20.3. The number of hydrogen-bond donors (Lipinski definition) is 2. The zero-order valence-electron chi connectivity index (χ0n) is 13.0. The van der Waals surface area contributed by atoms with Crippen molar-refractivity contribution in [3.8, 4) is 0 Å². The third-order valence-electron chi connectivity index (χ3n) is 3.55. The largest absolute Gasteiger partial charge is 0.481 e. The lowest BCUT2D eigenvalue weighted by Gasteiger charge is -2.35. The first-order valence-corrected chi connectivity index (χ1v) is 7.46. The quantitative estimate of drug-likeness (QED) is 0.562. The standard InChI is InChI=1S/C14H28N2O5/c1-12(10-20-2)21-11-13(17)9-16-7-5-15(6-8-16)4-3-14(18)19/h12-13,17H,3-11H2,1-2H3,(H,18,19). The molecule has 0 aromatic rings. The van der Waals surface area contributed by atoms with Crippen LogP contribution in [0.4, 0.5) is 0 Å². The second-order valence-electron chi connectivity index (χ2n) is 5.54. The van der Waals surface area contributed by atoms with Gasteiger partial charge in [0.1, 0.15) is 0 Å². The summed E-state index contributed by atoms with van der Waals surface area (Å²) in [5, 5.41) is 18.6. The molecule has 1 fully saturated rings. The molecule has 1 aliphatic heterocycles. The van der Waals surface area contributed by atoms with Gasteiger partial charge in [-0.25, -0.2) is 0 Å². The van der Waals surface area contributed by atoms with Gasteiger partial charge in [0.2, 0.25) is 0 Å². The van der Waals surface area contributed by atoms with Gasteiger partial charge in [-0.05, 0) is 6.92 Å². The summed E-state index contributed by atoms with van der Waals surface area (Å²) in [6.07, 6.45) is -0.333. The van der Waals surface area contributed by atoms with Crippen LogP contribution in [0.3, 0.4) is 0 Å². The van der Waals surface area contributed by atoms with Gasteiger partial charge >= 0.3 is 5.97 Å². The van der Waals surface area contributed by atoms with Gasteiger partial charge in [0.25, 0.3) is 0 Å². The van der Waals surface area contributed by atoms with Crippen molar-refractivity contribution in [3.05, 3.63) is 0 Å². The maximum absolute atomic E-state index is 10.5. The molecule has 0 aromatic heterocycles. The Balaban J connectivity index is 2.12. The number of nitrogens with zero attached hydrogens (tertiary/aromatic N) is 2. The summed E-state index contributed by atoms with van der Waals surface area (Å²) >= 11 is 0. The molecule has 1 aliphatic rings. The second kappa shape index (κ2) is 10.1. The molecule has 0 radical (unpaired) electrons. The highest BCUT2D eigenvalue weighted by molar-refractivity contribution is 5.66. The number of rotatable bonds is 10. The van der Waals surface area contributed by atoms with E-state index >= 15 is 0 Å². The van der Waals surface area contributed by atoms with E-state index in [-0.39, 0.29) is 12.5 Å². The highest BCUT2D eigenvalue weighted by Gasteiger charge is 2.20. The molecule has 0 bridgehead atoms. The number of methoxy groups -OCH3 is 1. The first kappa shape index (κ1) is 18.3. The first-order valence-electron chi connectivity index (χ1n) is 7.46. The Bertz CT molecular complexity index is 295. The van der Waals surface area contributed by atoms with Gasteiger partial charge in [0, 0.05) is 46.4 Å². The Kier molecular flexibility index (Phi) is 8.79. The SMILES string of the molecule is COCC(C)OCC(O)CN1CCN(CCC(=O)O)CC1. The minimum Gasteiger partial charge on any atom is -0.481 e. The number of hydrogen-bond acceptors (Lipinski definition) is 6. The molecule has 1 heterocycles. The molecule has 7 heteroatoms. The molecular weight excluding hydrogens is 276 g/mol. The third-order valence-corrected chi connectivity index (χ3v) is 3.55. The summed E-state index contributed by atoms with van der Waals surface area (Å²) in [5.41, 5.74) is 0. The Labute approximate surface area is 126 Å². The molecule has 124 valence electrons. The smallest absolute Gasteiger partial charge is 0.304 e. The van der Waals surface area contributed by atoms with E-state index in [1.54, 1.807) is 7.11 Å². The van der Waals surface area contributed by atoms with E-state index in [4.69, 9.17) is 14.6 Å². The van der Waals surface area contributed by atoms with Crippen molar-refractivity contribution >= 4 is 5.97 Å². The van der Waals surface area contributed by atoms with Crippen molar-refractivity contribution in [1.29, 1.82) is 0 Å². The average Bonchev–Trinajstić information content (AvgIpc) is 2.45. The number of ether oxygens (including phenoxy) is 2. The highest BCUT2D eigenvalue weighted by atomic mass is 16.5. The van der Waals surface area contributed by atoms with Crippen LogP contribution < -0.4 is 0 Å². The molecule has 0 spiro atoms. The molecule has 7 nitrogen and oxygen atoms in total. The number of piperazine rings is 1. The number of carboxylic acids is 1. The Morgan fingerprint density at radius 2 is 1.81 bits per heavy atom. The van der Waals surface area contributed by atoms with Gasteiger partial charge in [0.05, 0.1) is 31.8 Å². The van der Waals surface area contributed by atoms with E-state index in [1.807, 2.05) is 6.92 Å². The maximum atomic E-state index is 10.5. The van der Waals surface area contributed by atoms with Gasteiger partial charge in [-0.15, -0.1) is 0 Å². The first-order chi connectivity index (χ1) is 10.0. The number of aliphatic carboxylic acids is 1. The lowest BCUT2D eigenvalue weighted by Crippen LogP contribution is -2.49. The number of carboxylic acid groups (broad SMARTS) is 1. The number of aliphatic hydroxyl groups is 1. The fourth-order valence-corrected chi connectivity index (χ4v) is 2.36. The lowest BCUT2D eigenvalue weighted by atomic mass is 10.2. The van der Waals surface area contributed by atoms with Crippen LogP contribution in [0.5, 0.6) is 0 Å². The second-order valence-corrected chi connectivity index (χ2v) is 5.54. The Morgan fingerprint density at radius 3 is 2.38 bits per heavy atom. The molecule has 0 aromatic carbocycles. The number of carbonyl (C=O) groups is 1. The maximum Gasteiger partial charge on any atom is 0.304 e. The predicted octanol–water partition coefficient (Wildman–Crippen LogP) is -0.509. The van der Waals surface area contributed by atoms with Crippen molar-refractivity contribution in [3.63, 3.8) is 0 Å². The molecule has 0 amide bonds. The van der Waals surface area contributed by atoms with Crippen molar-refractivity contribution in [2.75, 3.05) is 59.6 Å². The Hall–Kier alpha value is -0.730. The molecule has 0 aliphatic carbocycles. The summed E-state index contributed by atoms with van der Waals surface area (Å²) in [7, 11) is 1.63. The van der Waals surface area contributed by atoms with Crippen LogP contribution in [-0.4, -0.2) is 97.8 Å². The van der Waals surface area contributed by atoms with Crippen LogP contribution in [0.25, 0.3) is 0 Å². The van der Waals surface area contributed by atoms with E-state index in [9.17, 15) is 9.90 Å². The molecule has 21 heavy (non-hydrogen) atoms. The molecule has 0 saturated carbocycles. The van der Waals surface area contributed by atoms with E-state index in [2.05, 4.69) is 9.80 Å². The lowest BCUT2D eigenvalue weighted by molar-refractivity contribution is -0.137. The van der Waals surface area contributed by atoms with E-state index in [0.717, 1.165) is 26.2 Å². The average molecular weight is 304 g/mol. The topological polar surface area (TPSA) is 82.5 Å². The van der Waals surface area contributed by atoms with Crippen LogP contribution in [0, 0.1) is 0 Å². The van der Waals surface area contributed by atoms with Gasteiger partial charge in [-0.1, -0.05) is 0 Å². The Morgan fingerprint density at radius 1 is 1.19 bits per heavy atom. The summed E-state index contributed by atoms with van der Waals surface area (Å²) < 4.78 is 10.5. The van der Waals surface area contributed by atoms with Crippen LogP contribution in [0.2, 0.25) is 0 Å². The van der Waals surface area contributed by atoms with Gasteiger partial charge in [-0.3, -0.25) is 9.69 Å². The fourth-order valence-electron chi connectivity index (χ4n) is 2.36. The van der Waals surface area contributed by atoms with Gasteiger partial charge in [-0.2, -0.15) is 0 Å². The van der Waals surface area contributed by atoms with Crippen LogP contribution in [0.15, 0.2) is 0 Å². The van der Waals surface area contributed by atoms with Crippen molar-refractivity contribution in [2.45, 2.75) is 25.6 Å². The minimum atomic E-state index is -0.754. The summed E-state index contributed by atoms with van der Waals surface area (Å²) in [4.78, 5) is 14.9. The number of β-amino-alcohol motifs (C(OH)–C–C–N with tert-alkyl or cyclic N) is 1. The molecular formula is C14H28N2O5. The molecule has 1 rings (SSSR count). The minimum absolute atomic E-state index is 0.0162. The molecule has 2 N–H and O–H groups in total. The monoisotopic (exact) mass is 304 g/mol. The van der Waals surface area contributed by atoms with Crippen molar-refractivity contribution in [2.24, 2.45) is 0 Å². The molecule has 2 unspecified atom stereocenters. The van der Waals surface area contributed by atoms with E-state index < -0.39 is 12.1 Å². The van der Waals surface area contributed by atoms with Crippen LogP contribution in [-0.2, 0) is 14.3 Å². The van der Waals surface area contributed by atoms with E-state index in [1.165, 1.54) is 0 Å². The van der Waals surface area contributed by atoms with Gasteiger partial charge < -0.3 is 24.6 Å². The predicted molar refractivity (Wildman–Crippen MR) is 78.4 cm³/mol. The molecule has 2 atom stereocenters. The van der Waals surface area contributed by atoms with E-state index in [0.29, 0.717) is 26.3 Å². The van der Waals surface area contributed by atoms with Crippen LogP contribution in [0.1, 0.15) is 13.3 Å². The zero-order chi connectivity index (χ0) is 15.7. The molecule has 1 saturated heterocycles. The van der Waals surface area contributed by atoms with Crippen molar-refractivity contribution < 1.29 is 24.5 Å². The van der Waals surface area contributed by atoms with Gasteiger partial charge in [0.15, 0.2) is 0 Å². The highest BCUT2D eigenvalue weighted by Crippen LogP contribution is 2.04. The van der Waals surface area contributed by atoms with Crippen molar-refractivity contribution in [1.82, 2.24) is 9.80 Å². The van der Waals surface area contributed by atoms with Crippen LogP contribution >= 0.6 is 0 Å². The fraction of sp³-hybridized carbons (Fsp3) is 0.929. The zero-order valence-corrected chi connectivity index (χ0v) is 13.0. The number of aliphatic hydroxyl groups excluding tert-OH is 1. The summed E-state index contributed by atoms with van der Waals surface area (Å²) in [6, 6.07) is 0. The summed E-state index contributed by atoms with van der Waals surface area (Å²) in [6.45, 7) is 7.34. The third kappa shape index (κ3) is 8.33. The summed E-state index contributed by atoms with van der Waals surface area (Å²) in [5.74, 6) is -0.754.